The lowest BCUT2D eigenvalue weighted by Crippen LogP contribution is -1.83. The van der Waals surface area contributed by atoms with E-state index in [-0.39, 0.29) is 0 Å². The van der Waals surface area contributed by atoms with Crippen LogP contribution in [0.3, 0.4) is 0 Å². The van der Waals surface area contributed by atoms with Crippen LogP contribution >= 0.6 is 0 Å². The molecule has 0 aromatic carbocycles. The first-order valence-corrected chi connectivity index (χ1v) is 4.32. The van der Waals surface area contributed by atoms with E-state index in [4.69, 9.17) is 5.11 Å². The quantitative estimate of drug-likeness (QED) is 0.429. The van der Waals surface area contributed by atoms with Gasteiger partial charge < -0.3 is 5.11 Å². The summed E-state index contributed by atoms with van der Waals surface area (Å²) in [6, 6.07) is 0. The summed E-state index contributed by atoms with van der Waals surface area (Å²) in [7, 11) is 0. The van der Waals surface area contributed by atoms with E-state index in [2.05, 4.69) is 6.92 Å². The Balaban J connectivity index is 2.65. The fourth-order valence-electron chi connectivity index (χ4n) is 0.996. The van der Waals surface area contributed by atoms with E-state index in [0.29, 0.717) is 6.61 Å². The SMILES string of the molecule is [CH2+]CCCCCCCCO. The molecule has 0 spiro atoms. The highest BCUT2D eigenvalue weighted by molar-refractivity contribution is 4.45. The molecule has 0 unspecified atom stereocenters. The van der Waals surface area contributed by atoms with Crippen molar-refractivity contribution in [1.82, 2.24) is 0 Å². The molecule has 0 aliphatic rings. The molecule has 0 bridgehead atoms. The van der Waals surface area contributed by atoms with Gasteiger partial charge in [0.15, 0.2) is 0 Å². The van der Waals surface area contributed by atoms with Gasteiger partial charge in [0.1, 0.15) is 0 Å². The van der Waals surface area contributed by atoms with Crippen molar-refractivity contribution in [3.63, 3.8) is 0 Å². The van der Waals surface area contributed by atoms with Crippen LogP contribution in [0.2, 0.25) is 0 Å². The van der Waals surface area contributed by atoms with Crippen molar-refractivity contribution >= 4 is 0 Å². The summed E-state index contributed by atoms with van der Waals surface area (Å²) in [6.45, 7) is 4.14. The molecule has 0 saturated heterocycles. The number of hydrogen-bond acceptors (Lipinski definition) is 1. The number of unbranched alkanes of at least 4 members (excludes halogenated alkanes) is 6. The number of aliphatic hydroxyl groups is 1. The maximum atomic E-state index is 8.46. The van der Waals surface area contributed by atoms with Crippen LogP contribution in [-0.4, -0.2) is 11.7 Å². The van der Waals surface area contributed by atoms with Gasteiger partial charge in [-0.2, -0.15) is 0 Å². The van der Waals surface area contributed by atoms with Crippen LogP contribution in [0.25, 0.3) is 0 Å². The lowest BCUT2D eigenvalue weighted by molar-refractivity contribution is 0.282. The zero-order valence-corrected chi connectivity index (χ0v) is 6.81. The van der Waals surface area contributed by atoms with E-state index in [0.717, 1.165) is 12.8 Å². The zero-order chi connectivity index (χ0) is 7.66. The fraction of sp³-hybridized carbons (Fsp3) is 0.889. The fourth-order valence-corrected chi connectivity index (χ4v) is 0.996. The highest BCUT2D eigenvalue weighted by Gasteiger charge is 1.89. The van der Waals surface area contributed by atoms with Gasteiger partial charge in [-0.15, -0.1) is 0 Å². The van der Waals surface area contributed by atoms with Gasteiger partial charge in [0.25, 0.3) is 0 Å². The Hall–Kier alpha value is -0.170. The van der Waals surface area contributed by atoms with Gasteiger partial charge in [0.05, 0.1) is 13.3 Å². The monoisotopic (exact) mass is 143 g/mol. The van der Waals surface area contributed by atoms with Gasteiger partial charge in [-0.05, 0) is 19.3 Å². The Kier molecular flexibility index (Phi) is 8.68. The molecule has 0 fully saturated rings. The van der Waals surface area contributed by atoms with E-state index >= 15 is 0 Å². The van der Waals surface area contributed by atoms with Gasteiger partial charge in [0, 0.05) is 6.61 Å². The molecule has 10 heavy (non-hydrogen) atoms. The second-order valence-corrected chi connectivity index (χ2v) is 2.70. The standard InChI is InChI=1S/C9H19O/c1-2-3-4-5-6-7-8-9-10/h10H,1-9H2/q+1. The highest BCUT2D eigenvalue weighted by Crippen LogP contribution is 2.05. The van der Waals surface area contributed by atoms with Gasteiger partial charge >= 0.3 is 0 Å². The first-order chi connectivity index (χ1) is 4.91. The molecule has 0 aromatic heterocycles. The number of rotatable bonds is 7. The number of hydrogen-bond donors (Lipinski definition) is 1. The summed E-state index contributed by atoms with van der Waals surface area (Å²) in [6.07, 6.45) is 8.40. The molecule has 0 amide bonds. The lowest BCUT2D eigenvalue weighted by Gasteiger charge is -1.96. The molecule has 0 rings (SSSR count). The van der Waals surface area contributed by atoms with E-state index in [1.165, 1.54) is 32.1 Å². The molecule has 0 saturated carbocycles. The third-order valence-electron chi connectivity index (χ3n) is 1.66. The van der Waals surface area contributed by atoms with Gasteiger partial charge in [0.2, 0.25) is 0 Å². The van der Waals surface area contributed by atoms with Crippen LogP contribution in [0.15, 0.2) is 0 Å². The topological polar surface area (TPSA) is 20.2 Å². The summed E-state index contributed by atoms with van der Waals surface area (Å²) in [5.74, 6) is 0. The third-order valence-corrected chi connectivity index (χ3v) is 1.66. The molecule has 1 nitrogen and oxygen atoms in total. The van der Waals surface area contributed by atoms with Gasteiger partial charge in [-0.1, -0.05) is 19.3 Å². The minimum Gasteiger partial charge on any atom is -0.396 e. The maximum absolute atomic E-state index is 8.46. The molecule has 0 radical (unpaired) electrons. The lowest BCUT2D eigenvalue weighted by atomic mass is 10.1. The van der Waals surface area contributed by atoms with Crippen LogP contribution in [0.1, 0.15) is 44.9 Å². The Bertz CT molecular complexity index is 44.7. The van der Waals surface area contributed by atoms with Crippen LogP contribution in [0.4, 0.5) is 0 Å². The normalized spacial score (nSPS) is 10.1. The van der Waals surface area contributed by atoms with Gasteiger partial charge in [-0.25, -0.2) is 0 Å². The minimum absolute atomic E-state index is 0.356. The molecule has 0 aliphatic heterocycles. The van der Waals surface area contributed by atoms with E-state index in [1.807, 2.05) is 0 Å². The van der Waals surface area contributed by atoms with E-state index in [1.54, 1.807) is 0 Å². The first kappa shape index (κ1) is 9.83. The predicted octanol–water partition coefficient (Wildman–Crippen LogP) is 2.54. The highest BCUT2D eigenvalue weighted by atomic mass is 16.2. The summed E-state index contributed by atoms with van der Waals surface area (Å²) < 4.78 is 0. The summed E-state index contributed by atoms with van der Waals surface area (Å²) in [4.78, 5) is 0. The third kappa shape index (κ3) is 7.83. The smallest absolute Gasteiger partial charge is 0.0850 e. The van der Waals surface area contributed by atoms with Crippen LogP contribution < -0.4 is 0 Å². The average molecular weight is 143 g/mol. The van der Waals surface area contributed by atoms with Crippen LogP contribution in [-0.2, 0) is 0 Å². The second kappa shape index (κ2) is 8.83. The van der Waals surface area contributed by atoms with Gasteiger partial charge in [-0.3, -0.25) is 0 Å². The van der Waals surface area contributed by atoms with Crippen LogP contribution in [0.5, 0.6) is 0 Å². The van der Waals surface area contributed by atoms with Crippen molar-refractivity contribution in [1.29, 1.82) is 0 Å². The number of aliphatic hydroxyl groups excluding tert-OH is 1. The Morgan fingerprint density at radius 2 is 1.30 bits per heavy atom. The Morgan fingerprint density at radius 3 is 1.80 bits per heavy atom. The molecule has 0 atom stereocenters. The minimum atomic E-state index is 0.356. The predicted molar refractivity (Wildman–Crippen MR) is 44.8 cm³/mol. The van der Waals surface area contributed by atoms with Crippen LogP contribution in [0, 0.1) is 6.92 Å². The summed E-state index contributed by atoms with van der Waals surface area (Å²) in [5.41, 5.74) is 0. The molecule has 0 heterocycles. The summed E-state index contributed by atoms with van der Waals surface area (Å²) >= 11 is 0. The molecule has 0 aromatic rings. The van der Waals surface area contributed by atoms with Crippen molar-refractivity contribution < 1.29 is 5.11 Å². The molecule has 60 valence electrons. The largest absolute Gasteiger partial charge is 0.396 e. The molecular weight excluding hydrogens is 124 g/mol. The molecule has 1 N–H and O–H groups in total. The first-order valence-electron chi connectivity index (χ1n) is 4.32. The average Bonchev–Trinajstić information content (AvgIpc) is 1.97. The van der Waals surface area contributed by atoms with Crippen molar-refractivity contribution in [2.24, 2.45) is 0 Å². The summed E-state index contributed by atoms with van der Waals surface area (Å²) in [5, 5.41) is 8.46. The van der Waals surface area contributed by atoms with E-state index < -0.39 is 0 Å². The van der Waals surface area contributed by atoms with Crippen molar-refractivity contribution in [2.75, 3.05) is 6.61 Å². The Labute approximate surface area is 64.5 Å². The second-order valence-electron chi connectivity index (χ2n) is 2.70. The van der Waals surface area contributed by atoms with Crippen molar-refractivity contribution in [3.8, 4) is 0 Å². The Morgan fingerprint density at radius 1 is 0.800 bits per heavy atom. The molecule has 0 aliphatic carbocycles. The van der Waals surface area contributed by atoms with Crippen molar-refractivity contribution in [2.45, 2.75) is 44.9 Å². The van der Waals surface area contributed by atoms with E-state index in [9.17, 15) is 0 Å². The van der Waals surface area contributed by atoms with Crippen molar-refractivity contribution in [3.05, 3.63) is 6.92 Å². The molecule has 1 heteroatoms. The zero-order valence-electron chi connectivity index (χ0n) is 6.81. The maximum Gasteiger partial charge on any atom is 0.0850 e. The molecular formula is C9H19O+.